The minimum atomic E-state index is -0.426. The number of Topliss-reactive ketones (excluding diaryl/α,β-unsaturated/α-hetero) is 1. The molecule has 1 fully saturated rings. The van der Waals surface area contributed by atoms with Crippen LogP contribution in [0.4, 0.5) is 5.69 Å². The summed E-state index contributed by atoms with van der Waals surface area (Å²) in [6, 6.07) is 11.9. The molecule has 1 aliphatic carbocycles. The van der Waals surface area contributed by atoms with Gasteiger partial charge in [0, 0.05) is 57.8 Å². The molecule has 1 saturated heterocycles. The second-order valence-corrected chi connectivity index (χ2v) is 10.6. The lowest BCUT2D eigenvalue weighted by Crippen LogP contribution is -2.38. The Kier molecular flexibility index (Phi) is 6.50. The topological polar surface area (TPSA) is 82.6 Å². The molecular weight excluding hydrogens is 468 g/mol. The second kappa shape index (κ2) is 9.55. The lowest BCUT2D eigenvalue weighted by molar-refractivity contribution is -0.116. The van der Waals surface area contributed by atoms with E-state index in [1.165, 1.54) is 10.4 Å². The van der Waals surface area contributed by atoms with Crippen LogP contribution in [0.2, 0.25) is 5.02 Å². The number of anilines is 1. The van der Waals surface area contributed by atoms with E-state index in [9.17, 15) is 10.1 Å². The number of nitrogens with two attached hydrogens (primary N) is 1. The third-order valence-electron chi connectivity index (χ3n) is 6.80. The average molecular weight is 495 g/mol. The number of allylic oxidation sites excluding steroid dienone is 3. The highest BCUT2D eigenvalue weighted by Gasteiger charge is 2.41. The first-order valence-electron chi connectivity index (χ1n) is 11.6. The van der Waals surface area contributed by atoms with Crippen molar-refractivity contribution in [1.29, 1.82) is 5.26 Å². The van der Waals surface area contributed by atoms with Gasteiger partial charge >= 0.3 is 0 Å². The normalized spacial score (nSPS) is 21.6. The number of nitrogens with zero attached hydrogens (tertiary/aromatic N) is 3. The van der Waals surface area contributed by atoms with E-state index in [1.807, 2.05) is 23.1 Å². The largest absolute Gasteiger partial charge is 0.384 e. The van der Waals surface area contributed by atoms with Crippen molar-refractivity contribution in [3.8, 4) is 6.07 Å². The molecule has 176 valence electrons. The molecular formula is C26H27ClN4O2S. The fraction of sp³-hybridized carbons (Fsp3) is 0.385. The predicted molar refractivity (Wildman–Crippen MR) is 135 cm³/mol. The van der Waals surface area contributed by atoms with E-state index in [2.05, 4.69) is 24.0 Å². The zero-order valence-corrected chi connectivity index (χ0v) is 20.7. The first kappa shape index (κ1) is 23.1. The van der Waals surface area contributed by atoms with E-state index in [-0.39, 0.29) is 5.78 Å². The first-order chi connectivity index (χ1) is 16.5. The molecule has 1 aromatic heterocycles. The number of thiophene rings is 1. The van der Waals surface area contributed by atoms with Crippen molar-refractivity contribution in [2.24, 2.45) is 5.73 Å². The quantitative estimate of drug-likeness (QED) is 0.654. The molecule has 34 heavy (non-hydrogen) atoms. The highest BCUT2D eigenvalue weighted by atomic mass is 35.5. The standard InChI is InChI=1S/C26H27ClN4O2S/c1-16-17(15-30-8-10-33-11-9-30)12-23(34-16)24-20(14-28)26(29)31(19-5-2-4-18(27)13-19)21-6-3-7-22(32)25(21)24/h2,4-5,12-13,24H,3,6-11,15,29H2,1H3/t24-/m0/s1. The van der Waals surface area contributed by atoms with E-state index in [0.717, 1.165) is 62.0 Å². The number of nitriles is 1. The van der Waals surface area contributed by atoms with Gasteiger partial charge in [-0.2, -0.15) is 5.26 Å². The molecule has 3 aliphatic rings. The van der Waals surface area contributed by atoms with Crippen LogP contribution in [0.15, 0.2) is 53.0 Å². The third kappa shape index (κ3) is 4.16. The van der Waals surface area contributed by atoms with E-state index >= 15 is 0 Å². The minimum Gasteiger partial charge on any atom is -0.384 e. The Balaban J connectivity index is 1.60. The number of ketones is 1. The minimum absolute atomic E-state index is 0.0966. The Morgan fingerprint density at radius 1 is 1.26 bits per heavy atom. The van der Waals surface area contributed by atoms with Gasteiger partial charge < -0.3 is 10.5 Å². The van der Waals surface area contributed by atoms with Crippen molar-refractivity contribution in [1.82, 2.24) is 4.90 Å². The van der Waals surface area contributed by atoms with Gasteiger partial charge in [-0.25, -0.2) is 0 Å². The maximum absolute atomic E-state index is 13.3. The van der Waals surface area contributed by atoms with Crippen molar-refractivity contribution in [3.63, 3.8) is 0 Å². The van der Waals surface area contributed by atoms with Crippen LogP contribution < -0.4 is 10.6 Å². The van der Waals surface area contributed by atoms with Crippen LogP contribution >= 0.6 is 22.9 Å². The van der Waals surface area contributed by atoms with Crippen LogP contribution in [-0.4, -0.2) is 37.0 Å². The maximum atomic E-state index is 13.3. The number of carbonyl (C=O) groups excluding carboxylic acids is 1. The van der Waals surface area contributed by atoms with E-state index in [1.54, 1.807) is 17.4 Å². The molecule has 6 nitrogen and oxygen atoms in total. The maximum Gasteiger partial charge on any atom is 0.161 e. The zero-order chi connectivity index (χ0) is 23.8. The Bertz CT molecular complexity index is 1240. The van der Waals surface area contributed by atoms with Gasteiger partial charge in [-0.05, 0) is 49.6 Å². The summed E-state index contributed by atoms with van der Waals surface area (Å²) in [4.78, 5) is 19.8. The fourth-order valence-corrected chi connectivity index (χ4v) is 6.47. The van der Waals surface area contributed by atoms with Gasteiger partial charge in [0.2, 0.25) is 0 Å². The van der Waals surface area contributed by atoms with Crippen LogP contribution in [0, 0.1) is 18.3 Å². The monoisotopic (exact) mass is 494 g/mol. The van der Waals surface area contributed by atoms with Gasteiger partial charge in [0.15, 0.2) is 5.78 Å². The molecule has 2 aromatic rings. The van der Waals surface area contributed by atoms with Crippen molar-refractivity contribution in [3.05, 3.63) is 73.3 Å². The summed E-state index contributed by atoms with van der Waals surface area (Å²) in [5.41, 5.74) is 10.7. The lowest BCUT2D eigenvalue weighted by atomic mass is 9.78. The number of rotatable bonds is 4. The number of aryl methyl sites for hydroxylation is 1. The Labute approximate surface area is 208 Å². The molecule has 0 spiro atoms. The smallest absolute Gasteiger partial charge is 0.161 e. The number of ether oxygens (including phenoxy) is 1. The first-order valence-corrected chi connectivity index (χ1v) is 12.8. The molecule has 0 unspecified atom stereocenters. The summed E-state index contributed by atoms with van der Waals surface area (Å²) in [6.07, 6.45) is 1.99. The average Bonchev–Trinajstić information content (AvgIpc) is 3.18. The SMILES string of the molecule is Cc1sc([C@@H]2C(C#N)=C(N)N(c3cccc(Cl)c3)C3=C2C(=O)CCC3)cc1CN1CCOCC1. The van der Waals surface area contributed by atoms with Crippen LogP contribution in [0.5, 0.6) is 0 Å². The molecule has 3 heterocycles. The summed E-state index contributed by atoms with van der Waals surface area (Å²) in [5, 5.41) is 10.8. The van der Waals surface area contributed by atoms with Gasteiger partial charge in [0.05, 0.1) is 30.8 Å². The third-order valence-corrected chi connectivity index (χ3v) is 8.19. The molecule has 5 rings (SSSR count). The van der Waals surface area contributed by atoms with Crippen molar-refractivity contribution >= 4 is 34.4 Å². The van der Waals surface area contributed by atoms with Crippen LogP contribution in [0.3, 0.4) is 0 Å². The molecule has 0 amide bonds. The Hall–Kier alpha value is -2.63. The van der Waals surface area contributed by atoms with E-state index in [0.29, 0.717) is 28.4 Å². The molecule has 0 radical (unpaired) electrons. The van der Waals surface area contributed by atoms with Crippen LogP contribution in [-0.2, 0) is 16.1 Å². The zero-order valence-electron chi connectivity index (χ0n) is 19.1. The molecule has 1 atom stereocenters. The molecule has 0 saturated carbocycles. The number of benzene rings is 1. The van der Waals surface area contributed by atoms with Gasteiger partial charge in [-0.15, -0.1) is 11.3 Å². The lowest BCUT2D eigenvalue weighted by Gasteiger charge is -2.39. The summed E-state index contributed by atoms with van der Waals surface area (Å²) in [5.74, 6) is 0.0497. The molecule has 8 heteroatoms. The number of hydrogen-bond acceptors (Lipinski definition) is 7. The Morgan fingerprint density at radius 3 is 2.79 bits per heavy atom. The van der Waals surface area contributed by atoms with Crippen molar-refractivity contribution in [2.75, 3.05) is 31.2 Å². The summed E-state index contributed by atoms with van der Waals surface area (Å²) in [6.45, 7) is 6.27. The van der Waals surface area contributed by atoms with E-state index < -0.39 is 5.92 Å². The number of hydrogen-bond donors (Lipinski definition) is 1. The number of carbonyl (C=O) groups is 1. The molecule has 2 aliphatic heterocycles. The van der Waals surface area contributed by atoms with Crippen LogP contribution in [0.25, 0.3) is 0 Å². The van der Waals surface area contributed by atoms with Gasteiger partial charge in [0.1, 0.15) is 5.82 Å². The van der Waals surface area contributed by atoms with Gasteiger partial charge in [0.25, 0.3) is 0 Å². The molecule has 1 aromatic carbocycles. The summed E-state index contributed by atoms with van der Waals surface area (Å²) in [7, 11) is 0. The Morgan fingerprint density at radius 2 is 2.06 bits per heavy atom. The number of halogens is 1. The molecule has 0 bridgehead atoms. The highest BCUT2D eigenvalue weighted by molar-refractivity contribution is 7.12. The summed E-state index contributed by atoms with van der Waals surface area (Å²) >= 11 is 7.93. The second-order valence-electron chi connectivity index (χ2n) is 8.91. The van der Waals surface area contributed by atoms with Gasteiger partial charge in [-0.1, -0.05) is 17.7 Å². The van der Waals surface area contributed by atoms with Crippen LogP contribution in [0.1, 0.15) is 40.5 Å². The van der Waals surface area contributed by atoms with Crippen molar-refractivity contribution < 1.29 is 9.53 Å². The van der Waals surface area contributed by atoms with Gasteiger partial charge in [-0.3, -0.25) is 14.6 Å². The molecule has 2 N–H and O–H groups in total. The van der Waals surface area contributed by atoms with Crippen molar-refractivity contribution in [2.45, 2.75) is 38.6 Å². The van der Waals surface area contributed by atoms with E-state index in [4.69, 9.17) is 22.1 Å². The fourth-order valence-electron chi connectivity index (χ4n) is 5.13. The highest BCUT2D eigenvalue weighted by Crippen LogP contribution is 2.48. The summed E-state index contributed by atoms with van der Waals surface area (Å²) < 4.78 is 5.48. The predicted octanol–water partition coefficient (Wildman–Crippen LogP) is 4.85. The number of morpholine rings is 1.